The molecule has 0 fully saturated rings. The minimum atomic E-state index is -0.324. The number of nitrogen functional groups attached to an aromatic ring is 1. The summed E-state index contributed by atoms with van der Waals surface area (Å²) in [5.74, 6) is -0.324. The van der Waals surface area contributed by atoms with Crippen LogP contribution in [0.2, 0.25) is 5.02 Å². The van der Waals surface area contributed by atoms with Crippen LogP contribution in [0.4, 0.5) is 21.5 Å². The number of benzene rings is 2. The molecule has 0 heterocycles. The van der Waals surface area contributed by atoms with E-state index in [-0.39, 0.29) is 5.82 Å². The van der Waals surface area contributed by atoms with Crippen LogP contribution in [0.3, 0.4) is 0 Å². The summed E-state index contributed by atoms with van der Waals surface area (Å²) in [6.45, 7) is 1.89. The number of hydrogen-bond acceptors (Lipinski definition) is 2. The standard InChI is InChI=1S/C13H11BrClFN2/c1-7-4-9(14)11(16)6-13(7)18-12-3-2-8(17)5-10(12)15/h2-6,18H,17H2,1H3. The molecule has 0 aromatic heterocycles. The Morgan fingerprint density at radius 2 is 1.94 bits per heavy atom. The molecule has 0 aliphatic heterocycles. The Hall–Kier alpha value is -1.26. The fourth-order valence-electron chi connectivity index (χ4n) is 1.56. The van der Waals surface area contributed by atoms with E-state index in [9.17, 15) is 4.39 Å². The number of hydrogen-bond donors (Lipinski definition) is 2. The van der Waals surface area contributed by atoms with Gasteiger partial charge < -0.3 is 11.1 Å². The van der Waals surface area contributed by atoms with E-state index in [0.29, 0.717) is 26.6 Å². The van der Waals surface area contributed by atoms with Crippen molar-refractivity contribution < 1.29 is 4.39 Å². The first-order chi connectivity index (χ1) is 8.47. The van der Waals surface area contributed by atoms with Crippen molar-refractivity contribution in [1.82, 2.24) is 0 Å². The largest absolute Gasteiger partial charge is 0.399 e. The Bertz CT molecular complexity index is 602. The molecule has 2 aromatic carbocycles. The van der Waals surface area contributed by atoms with Crippen molar-refractivity contribution in [2.24, 2.45) is 0 Å². The molecule has 94 valence electrons. The highest BCUT2D eigenvalue weighted by Gasteiger charge is 2.07. The van der Waals surface area contributed by atoms with Crippen LogP contribution in [0.15, 0.2) is 34.8 Å². The molecule has 0 bridgehead atoms. The SMILES string of the molecule is Cc1cc(Br)c(F)cc1Nc1ccc(N)cc1Cl. The van der Waals surface area contributed by atoms with Gasteiger partial charge in [-0.1, -0.05) is 11.6 Å². The van der Waals surface area contributed by atoms with Gasteiger partial charge in [0.25, 0.3) is 0 Å². The molecule has 0 saturated carbocycles. The highest BCUT2D eigenvalue weighted by atomic mass is 79.9. The van der Waals surface area contributed by atoms with Crippen molar-refractivity contribution in [3.05, 3.63) is 51.2 Å². The van der Waals surface area contributed by atoms with Crippen LogP contribution < -0.4 is 11.1 Å². The average molecular weight is 330 g/mol. The molecule has 2 aromatic rings. The topological polar surface area (TPSA) is 38.0 Å². The van der Waals surface area contributed by atoms with Gasteiger partial charge in [-0.05, 0) is 58.7 Å². The second-order valence-corrected chi connectivity index (χ2v) is 5.21. The van der Waals surface area contributed by atoms with Crippen molar-refractivity contribution in [2.75, 3.05) is 11.1 Å². The van der Waals surface area contributed by atoms with E-state index in [2.05, 4.69) is 21.2 Å². The van der Waals surface area contributed by atoms with E-state index < -0.39 is 0 Å². The van der Waals surface area contributed by atoms with Gasteiger partial charge >= 0.3 is 0 Å². The summed E-state index contributed by atoms with van der Waals surface area (Å²) in [6, 6.07) is 8.28. The number of nitrogens with one attached hydrogen (secondary N) is 1. The summed E-state index contributed by atoms with van der Waals surface area (Å²) in [5, 5.41) is 3.59. The molecular weight excluding hydrogens is 319 g/mol. The molecular formula is C13H11BrClFN2. The maximum absolute atomic E-state index is 13.5. The van der Waals surface area contributed by atoms with E-state index in [4.69, 9.17) is 17.3 Å². The summed E-state index contributed by atoms with van der Waals surface area (Å²) >= 11 is 9.20. The number of rotatable bonds is 2. The highest BCUT2D eigenvalue weighted by molar-refractivity contribution is 9.10. The molecule has 0 saturated heterocycles. The average Bonchev–Trinajstić information content (AvgIpc) is 2.29. The van der Waals surface area contributed by atoms with Gasteiger partial charge in [-0.3, -0.25) is 0 Å². The highest BCUT2D eigenvalue weighted by Crippen LogP contribution is 2.30. The lowest BCUT2D eigenvalue weighted by molar-refractivity contribution is 0.621. The van der Waals surface area contributed by atoms with Crippen LogP contribution in [0.5, 0.6) is 0 Å². The van der Waals surface area contributed by atoms with E-state index in [0.717, 1.165) is 5.56 Å². The number of anilines is 3. The monoisotopic (exact) mass is 328 g/mol. The first kappa shape index (κ1) is 13.2. The molecule has 0 radical (unpaired) electrons. The zero-order chi connectivity index (χ0) is 13.3. The summed E-state index contributed by atoms with van der Waals surface area (Å²) < 4.78 is 13.9. The minimum absolute atomic E-state index is 0.324. The fourth-order valence-corrected chi connectivity index (χ4v) is 2.25. The molecule has 0 spiro atoms. The fraction of sp³-hybridized carbons (Fsp3) is 0.0769. The number of nitrogens with two attached hydrogens (primary N) is 1. The summed E-state index contributed by atoms with van der Waals surface area (Å²) in [5.41, 5.74) is 8.48. The predicted molar refractivity (Wildman–Crippen MR) is 78.0 cm³/mol. The maximum atomic E-state index is 13.5. The smallest absolute Gasteiger partial charge is 0.139 e. The first-order valence-electron chi connectivity index (χ1n) is 5.25. The second-order valence-electron chi connectivity index (χ2n) is 3.95. The quantitative estimate of drug-likeness (QED) is 0.771. The Morgan fingerprint density at radius 3 is 2.61 bits per heavy atom. The third-order valence-corrected chi connectivity index (χ3v) is 3.45. The van der Waals surface area contributed by atoms with Crippen molar-refractivity contribution in [1.29, 1.82) is 0 Å². The first-order valence-corrected chi connectivity index (χ1v) is 6.42. The van der Waals surface area contributed by atoms with Crippen LogP contribution >= 0.6 is 27.5 Å². The maximum Gasteiger partial charge on any atom is 0.139 e. The van der Waals surface area contributed by atoms with Gasteiger partial charge in [-0.15, -0.1) is 0 Å². The van der Waals surface area contributed by atoms with Crippen molar-refractivity contribution in [2.45, 2.75) is 6.92 Å². The van der Waals surface area contributed by atoms with Gasteiger partial charge in [0.05, 0.1) is 15.2 Å². The zero-order valence-electron chi connectivity index (χ0n) is 9.60. The minimum Gasteiger partial charge on any atom is -0.399 e. The Labute approximate surface area is 118 Å². The van der Waals surface area contributed by atoms with Gasteiger partial charge in [-0.2, -0.15) is 0 Å². The lowest BCUT2D eigenvalue weighted by Crippen LogP contribution is -1.96. The van der Waals surface area contributed by atoms with Crippen LogP contribution in [-0.4, -0.2) is 0 Å². The van der Waals surface area contributed by atoms with E-state index in [1.54, 1.807) is 24.3 Å². The van der Waals surface area contributed by atoms with Crippen molar-refractivity contribution >= 4 is 44.6 Å². The van der Waals surface area contributed by atoms with Gasteiger partial charge in [0, 0.05) is 11.4 Å². The van der Waals surface area contributed by atoms with Crippen LogP contribution in [0.25, 0.3) is 0 Å². The molecule has 0 aliphatic rings. The zero-order valence-corrected chi connectivity index (χ0v) is 11.9. The van der Waals surface area contributed by atoms with E-state index in [1.807, 2.05) is 6.92 Å². The molecule has 2 rings (SSSR count). The van der Waals surface area contributed by atoms with E-state index >= 15 is 0 Å². The van der Waals surface area contributed by atoms with Crippen LogP contribution in [0, 0.1) is 12.7 Å². The molecule has 0 amide bonds. The van der Waals surface area contributed by atoms with Gasteiger partial charge in [0.2, 0.25) is 0 Å². The predicted octanol–water partition coefficient (Wildman–Crippen LogP) is 4.88. The molecule has 0 unspecified atom stereocenters. The third-order valence-electron chi connectivity index (χ3n) is 2.53. The van der Waals surface area contributed by atoms with Gasteiger partial charge in [0.15, 0.2) is 0 Å². The molecule has 5 heteroatoms. The lowest BCUT2D eigenvalue weighted by Gasteiger charge is -2.12. The van der Waals surface area contributed by atoms with Crippen molar-refractivity contribution in [3.8, 4) is 0 Å². The summed E-state index contributed by atoms with van der Waals surface area (Å²) in [7, 11) is 0. The molecule has 2 nitrogen and oxygen atoms in total. The van der Waals surface area contributed by atoms with Crippen LogP contribution in [-0.2, 0) is 0 Å². The Morgan fingerprint density at radius 1 is 1.22 bits per heavy atom. The number of aryl methyl sites for hydroxylation is 1. The van der Waals surface area contributed by atoms with Gasteiger partial charge in [0.1, 0.15) is 5.82 Å². The number of halogens is 3. The second kappa shape index (κ2) is 5.16. The summed E-state index contributed by atoms with van der Waals surface area (Å²) in [6.07, 6.45) is 0. The molecule has 3 N–H and O–H groups in total. The van der Waals surface area contributed by atoms with Gasteiger partial charge in [-0.25, -0.2) is 4.39 Å². The summed E-state index contributed by atoms with van der Waals surface area (Å²) in [4.78, 5) is 0. The van der Waals surface area contributed by atoms with E-state index in [1.165, 1.54) is 6.07 Å². The molecule has 18 heavy (non-hydrogen) atoms. The molecule has 0 aliphatic carbocycles. The third kappa shape index (κ3) is 2.76. The Balaban J connectivity index is 2.37. The van der Waals surface area contributed by atoms with Crippen LogP contribution in [0.1, 0.15) is 5.56 Å². The Kier molecular flexibility index (Phi) is 3.78. The lowest BCUT2D eigenvalue weighted by atomic mass is 10.2. The molecule has 0 atom stereocenters. The van der Waals surface area contributed by atoms with Crippen molar-refractivity contribution in [3.63, 3.8) is 0 Å². The normalized spacial score (nSPS) is 10.4.